The fourth-order valence-electron chi connectivity index (χ4n) is 0.554. The van der Waals surface area contributed by atoms with E-state index in [1.165, 1.54) is 6.42 Å². The molecule has 1 rings (SSSR count). The van der Waals surface area contributed by atoms with E-state index in [4.69, 9.17) is 0 Å². The maximum absolute atomic E-state index is 2.84. The van der Waals surface area contributed by atoms with Crippen LogP contribution in [0, 0.1) is 0 Å². The SMILES string of the molecule is Cl.Cl.[PH2][Ti][C]1=CC=CC1. The molecule has 1 atom stereocenters. The van der Waals surface area contributed by atoms with Gasteiger partial charge in [-0.3, -0.25) is 0 Å². The van der Waals surface area contributed by atoms with Gasteiger partial charge in [-0.1, -0.05) is 0 Å². The van der Waals surface area contributed by atoms with Crippen LogP contribution in [0.4, 0.5) is 0 Å². The maximum atomic E-state index is 2.84. The van der Waals surface area contributed by atoms with Crippen molar-refractivity contribution in [3.05, 3.63) is 22.1 Å². The van der Waals surface area contributed by atoms with E-state index in [9.17, 15) is 0 Å². The van der Waals surface area contributed by atoms with Crippen molar-refractivity contribution in [2.24, 2.45) is 0 Å². The van der Waals surface area contributed by atoms with Gasteiger partial charge in [0, 0.05) is 0 Å². The third kappa shape index (κ3) is 4.59. The van der Waals surface area contributed by atoms with Gasteiger partial charge in [0.2, 0.25) is 0 Å². The molecule has 52 valence electrons. The number of hydrogen-bond donors (Lipinski definition) is 0. The Balaban J connectivity index is 0. The summed E-state index contributed by atoms with van der Waals surface area (Å²) in [5, 5.41) is 0. The molecule has 0 saturated heterocycles. The monoisotopic (exact) mass is 218 g/mol. The molecule has 0 fully saturated rings. The van der Waals surface area contributed by atoms with Gasteiger partial charge in [0.15, 0.2) is 0 Å². The first-order chi connectivity index (χ1) is 3.43. The minimum atomic E-state index is 0. The van der Waals surface area contributed by atoms with Crippen LogP contribution in [-0.4, -0.2) is 0 Å². The van der Waals surface area contributed by atoms with Crippen LogP contribution in [0.1, 0.15) is 6.42 Å². The molecule has 0 aliphatic heterocycles. The predicted octanol–water partition coefficient (Wildman–Crippen LogP) is 2.55. The summed E-state index contributed by atoms with van der Waals surface area (Å²) in [6.45, 7) is 0. The summed E-state index contributed by atoms with van der Waals surface area (Å²) in [5.41, 5.74) is 0. The second-order valence-corrected chi connectivity index (χ2v) is 4.11. The van der Waals surface area contributed by atoms with Crippen molar-refractivity contribution in [2.75, 3.05) is 0 Å². The Morgan fingerprint density at radius 1 is 1.44 bits per heavy atom. The van der Waals surface area contributed by atoms with Crippen molar-refractivity contribution >= 4 is 32.0 Å². The molecule has 0 aromatic heterocycles. The van der Waals surface area contributed by atoms with E-state index in [0.29, 0.717) is 0 Å². The molecular weight excluding hydrogens is 210 g/mol. The first kappa shape index (κ1) is 12.8. The summed E-state index contributed by atoms with van der Waals surface area (Å²) >= 11 is 0.208. The molecule has 0 aromatic carbocycles. The van der Waals surface area contributed by atoms with E-state index < -0.39 is 0 Å². The third-order valence-electron chi connectivity index (χ3n) is 0.957. The number of rotatable bonds is 1. The zero-order valence-corrected chi connectivity index (χ0v) is 9.18. The third-order valence-corrected chi connectivity index (χ3v) is 3.64. The number of allylic oxidation sites excluding steroid dienone is 4. The van der Waals surface area contributed by atoms with Crippen LogP contribution < -0.4 is 0 Å². The second kappa shape index (κ2) is 7.31. The molecule has 9 heavy (non-hydrogen) atoms. The summed E-state index contributed by atoms with van der Waals surface area (Å²) in [6, 6.07) is 0. The first-order valence-electron chi connectivity index (χ1n) is 2.26. The molecule has 0 bridgehead atoms. The first-order valence-corrected chi connectivity index (χ1v) is 6.32. The summed E-state index contributed by atoms with van der Waals surface area (Å²) in [5.74, 6) is 0. The van der Waals surface area contributed by atoms with Crippen molar-refractivity contribution in [3.8, 4) is 0 Å². The molecule has 0 saturated carbocycles. The van der Waals surface area contributed by atoms with E-state index in [-0.39, 0.29) is 43.5 Å². The predicted molar refractivity (Wildman–Crippen MR) is 46.0 cm³/mol. The van der Waals surface area contributed by atoms with Crippen LogP contribution in [0.5, 0.6) is 0 Å². The van der Waals surface area contributed by atoms with Crippen LogP contribution in [-0.2, 0) is 18.6 Å². The van der Waals surface area contributed by atoms with Crippen LogP contribution in [0.25, 0.3) is 0 Å². The van der Waals surface area contributed by atoms with Crippen LogP contribution in [0.2, 0.25) is 0 Å². The van der Waals surface area contributed by atoms with Gasteiger partial charge in [0.1, 0.15) is 0 Å². The molecule has 0 N–H and O–H groups in total. The Morgan fingerprint density at radius 2 is 2.11 bits per heavy atom. The number of halogens is 2. The Bertz CT molecular complexity index is 122. The molecule has 1 aliphatic rings. The molecule has 0 spiro atoms. The fraction of sp³-hybridized carbons (Fsp3) is 0.200. The van der Waals surface area contributed by atoms with E-state index in [1.807, 2.05) is 0 Å². The average Bonchev–Trinajstić information content (AvgIpc) is 2.14. The zero-order valence-electron chi connectivity index (χ0n) is 4.83. The second-order valence-electron chi connectivity index (χ2n) is 1.47. The summed E-state index contributed by atoms with van der Waals surface area (Å²) in [7, 11) is 2.84. The van der Waals surface area contributed by atoms with Gasteiger partial charge >= 0.3 is 54.4 Å². The van der Waals surface area contributed by atoms with E-state index in [1.54, 1.807) is 3.88 Å². The van der Waals surface area contributed by atoms with Gasteiger partial charge in [-0.2, -0.15) is 0 Å². The molecule has 0 amide bonds. The van der Waals surface area contributed by atoms with E-state index >= 15 is 0 Å². The summed E-state index contributed by atoms with van der Waals surface area (Å²) < 4.78 is 1.64. The minimum absolute atomic E-state index is 0. The summed E-state index contributed by atoms with van der Waals surface area (Å²) in [6.07, 6.45) is 7.81. The van der Waals surface area contributed by atoms with Gasteiger partial charge in [-0.25, -0.2) is 0 Å². The van der Waals surface area contributed by atoms with Gasteiger partial charge in [0.25, 0.3) is 0 Å². The Hall–Kier alpha value is 1.20. The molecule has 0 radical (unpaired) electrons. The molecule has 1 aliphatic carbocycles. The Morgan fingerprint density at radius 3 is 2.33 bits per heavy atom. The van der Waals surface area contributed by atoms with Crippen LogP contribution in [0.3, 0.4) is 0 Å². The quantitative estimate of drug-likeness (QED) is 0.469. The summed E-state index contributed by atoms with van der Waals surface area (Å²) in [4.78, 5) is 0. The molecule has 0 heterocycles. The van der Waals surface area contributed by atoms with Crippen molar-refractivity contribution in [2.45, 2.75) is 6.42 Å². The van der Waals surface area contributed by atoms with Gasteiger partial charge in [-0.05, 0) is 0 Å². The molecular formula is C5H9Cl2PTi. The van der Waals surface area contributed by atoms with Crippen molar-refractivity contribution < 1.29 is 18.6 Å². The van der Waals surface area contributed by atoms with Gasteiger partial charge in [0.05, 0.1) is 0 Å². The van der Waals surface area contributed by atoms with Gasteiger partial charge < -0.3 is 0 Å². The molecule has 1 unspecified atom stereocenters. The van der Waals surface area contributed by atoms with Crippen molar-refractivity contribution in [1.82, 2.24) is 0 Å². The topological polar surface area (TPSA) is 0 Å². The zero-order chi connectivity index (χ0) is 5.11. The average molecular weight is 219 g/mol. The Kier molecular flexibility index (Phi) is 10.4. The molecule has 0 nitrogen and oxygen atoms in total. The van der Waals surface area contributed by atoms with E-state index in [2.05, 4.69) is 25.5 Å². The normalized spacial score (nSPS) is 13.2. The standard InChI is InChI=1S/C5H5.2ClH.H2P.Ti/c1-2-4-5-3-1;;;;/h1-3H,4H2;2*1H;1H2;/q;;;-1;+1. The molecule has 0 aromatic rings. The molecule has 4 heteroatoms. The van der Waals surface area contributed by atoms with Crippen molar-refractivity contribution in [3.63, 3.8) is 0 Å². The van der Waals surface area contributed by atoms with Crippen molar-refractivity contribution in [1.29, 1.82) is 0 Å². The van der Waals surface area contributed by atoms with E-state index in [0.717, 1.165) is 0 Å². The van der Waals surface area contributed by atoms with Crippen LogP contribution in [0.15, 0.2) is 22.1 Å². The van der Waals surface area contributed by atoms with Crippen LogP contribution >= 0.6 is 32.0 Å². The Labute approximate surface area is 78.9 Å². The fourth-order valence-corrected chi connectivity index (χ4v) is 2.11. The van der Waals surface area contributed by atoms with Gasteiger partial charge in [-0.15, -0.1) is 24.8 Å². The number of hydrogen-bond acceptors (Lipinski definition) is 0.